The summed E-state index contributed by atoms with van der Waals surface area (Å²) in [6, 6.07) is -1.73. The summed E-state index contributed by atoms with van der Waals surface area (Å²) in [7, 11) is -3.02. The fourth-order valence-corrected chi connectivity index (χ4v) is 4.03. The third-order valence-corrected chi connectivity index (χ3v) is 6.25. The van der Waals surface area contributed by atoms with Gasteiger partial charge in [0.2, 0.25) is 5.60 Å². The van der Waals surface area contributed by atoms with E-state index >= 15 is 0 Å². The number of nitrogen functional groups attached to an aromatic ring is 1. The summed E-state index contributed by atoms with van der Waals surface area (Å²) >= 11 is 1.02. The predicted octanol–water partition coefficient (Wildman–Crippen LogP) is -0.231. The maximum Gasteiger partial charge on any atom is 0.350 e. The second kappa shape index (κ2) is 9.08. The van der Waals surface area contributed by atoms with Crippen molar-refractivity contribution in [2.75, 3.05) is 5.73 Å². The van der Waals surface area contributed by atoms with E-state index < -0.39 is 49.9 Å². The number of amides is 2. The molecule has 15 heteroatoms. The van der Waals surface area contributed by atoms with E-state index in [0.717, 1.165) is 16.0 Å². The minimum absolute atomic E-state index is 0.0264. The Kier molecular flexibility index (Phi) is 7.18. The Morgan fingerprint density at radius 2 is 2.13 bits per heavy atom. The Morgan fingerprint density at radius 3 is 2.60 bits per heavy atom. The second-order valence-electron chi connectivity index (χ2n) is 6.80. The Bertz CT molecular complexity index is 901. The van der Waals surface area contributed by atoms with Crippen molar-refractivity contribution in [3.8, 4) is 0 Å². The van der Waals surface area contributed by atoms with E-state index in [0.29, 0.717) is 0 Å². The van der Waals surface area contributed by atoms with Gasteiger partial charge in [-0.1, -0.05) is 5.16 Å². The molecular weight excluding hydrogens is 441 g/mol. The van der Waals surface area contributed by atoms with E-state index in [4.69, 9.17) is 25.3 Å². The number of carboxylic acids is 1. The summed E-state index contributed by atoms with van der Waals surface area (Å²) in [6.07, 6.45) is -1.33. The number of aliphatic hydroxyl groups is 1. The zero-order valence-electron chi connectivity index (χ0n) is 16.5. The van der Waals surface area contributed by atoms with Crippen LogP contribution in [0.15, 0.2) is 10.5 Å². The van der Waals surface area contributed by atoms with Crippen molar-refractivity contribution in [3.63, 3.8) is 0 Å². The third kappa shape index (κ3) is 5.14. The lowest BCUT2D eigenvalue weighted by molar-refractivity contribution is -0.161. The lowest BCUT2D eigenvalue weighted by atomic mass is 10.0. The van der Waals surface area contributed by atoms with Gasteiger partial charge in [-0.05, 0) is 27.7 Å². The van der Waals surface area contributed by atoms with Crippen LogP contribution in [0.4, 0.5) is 5.13 Å². The Hall–Kier alpha value is -2.54. The number of nitrogens with zero attached hydrogens (tertiary/aromatic N) is 3. The van der Waals surface area contributed by atoms with Gasteiger partial charge < -0.3 is 26.1 Å². The minimum atomic E-state index is -3.02. The average Bonchev–Trinajstić information content (AvgIpc) is 3.05. The van der Waals surface area contributed by atoms with Crippen molar-refractivity contribution in [1.82, 2.24) is 15.0 Å². The number of aliphatic carboxylic acids is 1. The van der Waals surface area contributed by atoms with E-state index in [1.165, 1.54) is 33.1 Å². The van der Waals surface area contributed by atoms with Crippen LogP contribution in [0, 0.1) is 0 Å². The van der Waals surface area contributed by atoms with E-state index in [1.54, 1.807) is 0 Å². The van der Waals surface area contributed by atoms with E-state index in [9.17, 15) is 18.9 Å². The molecule has 2 rings (SSSR count). The SMILES string of the molecule is CC(O)O[PH](=O)N1C(=O)C(NC(=O)C(=NOC(C)(C)C(=O)O)c2csc(N)n2)C1C. The number of carboxylic acid groups (broad SMARTS) is 1. The van der Waals surface area contributed by atoms with Crippen LogP contribution in [0.5, 0.6) is 0 Å². The Morgan fingerprint density at radius 1 is 1.50 bits per heavy atom. The molecule has 0 radical (unpaired) electrons. The summed E-state index contributed by atoms with van der Waals surface area (Å²) in [5.74, 6) is -2.86. The van der Waals surface area contributed by atoms with Crippen LogP contribution >= 0.6 is 19.5 Å². The molecule has 30 heavy (non-hydrogen) atoms. The largest absolute Gasteiger partial charge is 0.478 e. The molecule has 166 valence electrons. The Balaban J connectivity index is 2.19. The van der Waals surface area contributed by atoms with Crippen molar-refractivity contribution < 1.29 is 38.5 Å². The van der Waals surface area contributed by atoms with Crippen molar-refractivity contribution in [2.45, 2.75) is 51.7 Å². The summed E-state index contributed by atoms with van der Waals surface area (Å²) in [5, 5.41) is 25.9. The molecule has 1 aliphatic heterocycles. The molecular formula is C15H22N5O8PS. The highest BCUT2D eigenvalue weighted by molar-refractivity contribution is 7.37. The average molecular weight is 463 g/mol. The molecule has 0 bridgehead atoms. The molecule has 1 aliphatic rings. The van der Waals surface area contributed by atoms with Crippen LogP contribution in [0.2, 0.25) is 0 Å². The van der Waals surface area contributed by atoms with Gasteiger partial charge in [-0.15, -0.1) is 11.3 Å². The number of carbonyl (C=O) groups excluding carboxylic acids is 2. The number of hydrogen-bond donors (Lipinski definition) is 4. The molecule has 4 unspecified atom stereocenters. The van der Waals surface area contributed by atoms with E-state index in [-0.39, 0.29) is 16.5 Å². The van der Waals surface area contributed by atoms with Crippen LogP contribution < -0.4 is 11.1 Å². The molecule has 5 N–H and O–H groups in total. The van der Waals surface area contributed by atoms with Gasteiger partial charge in [0.05, 0.1) is 6.04 Å². The van der Waals surface area contributed by atoms with Crippen molar-refractivity contribution in [1.29, 1.82) is 0 Å². The lowest BCUT2D eigenvalue weighted by Crippen LogP contribution is -2.67. The van der Waals surface area contributed by atoms with Crippen LogP contribution in [-0.2, 0) is 28.3 Å². The van der Waals surface area contributed by atoms with Crippen molar-refractivity contribution >= 4 is 48.1 Å². The number of hydrogen-bond acceptors (Lipinski definition) is 11. The molecule has 1 aromatic rings. The molecule has 0 spiro atoms. The van der Waals surface area contributed by atoms with E-state index in [2.05, 4.69) is 15.5 Å². The van der Waals surface area contributed by atoms with Crippen molar-refractivity contribution in [3.05, 3.63) is 11.1 Å². The van der Waals surface area contributed by atoms with Gasteiger partial charge in [-0.25, -0.2) is 9.78 Å². The molecule has 0 aliphatic carbocycles. The van der Waals surface area contributed by atoms with Gasteiger partial charge in [-0.2, -0.15) is 0 Å². The molecule has 2 amide bonds. The maximum atomic E-state index is 12.7. The normalized spacial score (nSPS) is 21.6. The first-order chi connectivity index (χ1) is 13.8. The standard InChI is InChI=1S/C15H22N5O8PS/c1-6-9(12(23)20(6)29(26)27-7(2)21)18-11(22)10(8-5-30-14(16)17-8)19-28-15(3,4)13(24)25/h5-7,9,21,29H,1-4H3,(H2,16,17)(H,18,22)(H,24,25). The summed E-state index contributed by atoms with van der Waals surface area (Å²) < 4.78 is 17.7. The smallest absolute Gasteiger partial charge is 0.350 e. The highest BCUT2D eigenvalue weighted by atomic mass is 32.1. The summed E-state index contributed by atoms with van der Waals surface area (Å²) in [6.45, 7) is 5.25. The van der Waals surface area contributed by atoms with Gasteiger partial charge in [0, 0.05) is 5.38 Å². The maximum absolute atomic E-state index is 12.7. The second-order valence-corrected chi connectivity index (χ2v) is 8.94. The molecule has 0 aromatic carbocycles. The van der Waals surface area contributed by atoms with Crippen LogP contribution in [0.3, 0.4) is 0 Å². The minimum Gasteiger partial charge on any atom is -0.478 e. The van der Waals surface area contributed by atoms with Gasteiger partial charge in [-0.3, -0.25) is 23.3 Å². The number of anilines is 1. The molecule has 0 saturated carbocycles. The fraction of sp³-hybridized carbons (Fsp3) is 0.533. The molecule has 1 fully saturated rings. The zero-order valence-corrected chi connectivity index (χ0v) is 18.3. The van der Waals surface area contributed by atoms with Crippen LogP contribution in [0.25, 0.3) is 0 Å². The first-order valence-corrected chi connectivity index (χ1v) is 10.7. The fourth-order valence-electron chi connectivity index (χ4n) is 2.27. The highest BCUT2D eigenvalue weighted by Gasteiger charge is 2.49. The number of aromatic nitrogens is 1. The topological polar surface area (TPSA) is 194 Å². The summed E-state index contributed by atoms with van der Waals surface area (Å²) in [4.78, 5) is 45.2. The number of rotatable bonds is 9. The number of nitrogens with two attached hydrogens (primary N) is 1. The zero-order chi connectivity index (χ0) is 22.8. The first-order valence-electron chi connectivity index (χ1n) is 8.58. The number of oxime groups is 1. The Labute approximate surface area is 175 Å². The number of thiazole rings is 1. The lowest BCUT2D eigenvalue weighted by Gasteiger charge is -2.44. The van der Waals surface area contributed by atoms with Crippen LogP contribution in [0.1, 0.15) is 33.4 Å². The molecule has 13 nitrogen and oxygen atoms in total. The van der Waals surface area contributed by atoms with Crippen molar-refractivity contribution in [2.24, 2.45) is 5.16 Å². The highest BCUT2D eigenvalue weighted by Crippen LogP contribution is 2.39. The molecule has 4 atom stereocenters. The third-order valence-electron chi connectivity index (χ3n) is 4.01. The summed E-state index contributed by atoms with van der Waals surface area (Å²) in [5.41, 5.74) is 3.49. The molecule has 1 aromatic heterocycles. The predicted molar refractivity (Wildman–Crippen MR) is 106 cm³/mol. The number of carbonyl (C=O) groups is 3. The number of β-lactam (4-membered cyclic amide) rings is 1. The van der Waals surface area contributed by atoms with Gasteiger partial charge in [0.1, 0.15) is 11.7 Å². The van der Waals surface area contributed by atoms with E-state index in [1.807, 2.05) is 0 Å². The number of nitrogens with one attached hydrogen (secondary N) is 1. The van der Waals surface area contributed by atoms with Crippen LogP contribution in [-0.4, -0.2) is 67.3 Å². The quantitative estimate of drug-likeness (QED) is 0.125. The number of aliphatic hydroxyl groups excluding tert-OH is 1. The molecule has 1 saturated heterocycles. The van der Waals surface area contributed by atoms with Gasteiger partial charge >= 0.3 is 5.97 Å². The van der Waals surface area contributed by atoms with Gasteiger partial charge in [0.25, 0.3) is 20.0 Å². The molecule has 2 heterocycles. The van der Waals surface area contributed by atoms with Gasteiger partial charge in [0.15, 0.2) is 17.1 Å². The monoisotopic (exact) mass is 463 g/mol. The first kappa shape index (κ1) is 23.7.